The number of anilines is 2. The van der Waals surface area contributed by atoms with Crippen LogP contribution in [0.2, 0.25) is 10.0 Å². The van der Waals surface area contributed by atoms with Crippen LogP contribution in [0, 0.1) is 5.82 Å². The fraction of sp³-hybridized carbons (Fsp3) is 0.333. The Morgan fingerprint density at radius 3 is 2.60 bits per heavy atom. The maximum absolute atomic E-state index is 13.1. The second-order valence-corrected chi connectivity index (χ2v) is 4.86. The Kier molecular flexibility index (Phi) is 5.17. The highest BCUT2D eigenvalue weighted by Crippen LogP contribution is 2.33. The SMILES string of the molecule is CCCNCc1nnc(Nc2c(Cl)cc(F)cc2Cl)o1. The Morgan fingerprint density at radius 2 is 1.95 bits per heavy atom. The van der Waals surface area contributed by atoms with E-state index in [9.17, 15) is 4.39 Å². The lowest BCUT2D eigenvalue weighted by Crippen LogP contribution is -2.13. The molecule has 2 N–H and O–H groups in total. The van der Waals surface area contributed by atoms with Crippen LogP contribution in [0.5, 0.6) is 0 Å². The van der Waals surface area contributed by atoms with Gasteiger partial charge in [0.15, 0.2) is 0 Å². The Hall–Kier alpha value is -1.37. The van der Waals surface area contributed by atoms with Crippen molar-refractivity contribution in [3.63, 3.8) is 0 Å². The average molecular weight is 319 g/mol. The minimum Gasteiger partial charge on any atom is -0.406 e. The van der Waals surface area contributed by atoms with Gasteiger partial charge in [-0.3, -0.25) is 0 Å². The number of aromatic nitrogens is 2. The van der Waals surface area contributed by atoms with Crippen molar-refractivity contribution in [1.29, 1.82) is 0 Å². The molecule has 0 bridgehead atoms. The first kappa shape index (κ1) is 15.0. The zero-order chi connectivity index (χ0) is 14.5. The molecule has 1 aromatic heterocycles. The highest BCUT2D eigenvalue weighted by Gasteiger charge is 2.12. The average Bonchev–Trinajstić information content (AvgIpc) is 2.82. The maximum atomic E-state index is 13.1. The number of hydrogen-bond donors (Lipinski definition) is 2. The molecule has 0 unspecified atom stereocenters. The third-order valence-corrected chi connectivity index (χ3v) is 3.00. The van der Waals surface area contributed by atoms with Gasteiger partial charge in [-0.1, -0.05) is 35.2 Å². The molecular formula is C12H13Cl2FN4O. The van der Waals surface area contributed by atoms with Crippen LogP contribution in [0.25, 0.3) is 0 Å². The van der Waals surface area contributed by atoms with Crippen LogP contribution in [-0.2, 0) is 6.54 Å². The van der Waals surface area contributed by atoms with Gasteiger partial charge in [0, 0.05) is 0 Å². The van der Waals surface area contributed by atoms with Gasteiger partial charge in [-0.05, 0) is 25.1 Å². The molecule has 5 nitrogen and oxygen atoms in total. The van der Waals surface area contributed by atoms with Crippen LogP contribution in [0.3, 0.4) is 0 Å². The zero-order valence-electron chi connectivity index (χ0n) is 10.7. The topological polar surface area (TPSA) is 63.0 Å². The fourth-order valence-corrected chi connectivity index (χ4v) is 2.07. The van der Waals surface area contributed by atoms with Gasteiger partial charge >= 0.3 is 6.01 Å². The van der Waals surface area contributed by atoms with E-state index < -0.39 is 5.82 Å². The van der Waals surface area contributed by atoms with Crippen molar-refractivity contribution in [1.82, 2.24) is 15.5 Å². The smallest absolute Gasteiger partial charge is 0.320 e. The molecule has 0 aliphatic rings. The lowest BCUT2D eigenvalue weighted by Gasteiger charge is -2.06. The summed E-state index contributed by atoms with van der Waals surface area (Å²) in [5, 5.41) is 13.9. The van der Waals surface area contributed by atoms with Crippen molar-refractivity contribution < 1.29 is 8.81 Å². The Balaban J connectivity index is 2.07. The predicted molar refractivity (Wildman–Crippen MR) is 76.0 cm³/mol. The lowest BCUT2D eigenvalue weighted by atomic mass is 10.3. The monoisotopic (exact) mass is 318 g/mol. The molecule has 0 fully saturated rings. The van der Waals surface area contributed by atoms with E-state index >= 15 is 0 Å². The Labute approximate surface area is 125 Å². The van der Waals surface area contributed by atoms with E-state index in [4.69, 9.17) is 27.6 Å². The first-order valence-corrected chi connectivity index (χ1v) is 6.80. The van der Waals surface area contributed by atoms with Crippen LogP contribution in [-0.4, -0.2) is 16.7 Å². The van der Waals surface area contributed by atoms with Crippen molar-refractivity contribution >= 4 is 34.9 Å². The summed E-state index contributed by atoms with van der Waals surface area (Å²) in [7, 11) is 0. The fourth-order valence-electron chi connectivity index (χ4n) is 1.52. The molecule has 1 aromatic carbocycles. The van der Waals surface area contributed by atoms with Gasteiger partial charge in [0.2, 0.25) is 5.89 Å². The van der Waals surface area contributed by atoms with Crippen molar-refractivity contribution in [2.75, 3.05) is 11.9 Å². The minimum atomic E-state index is -0.513. The summed E-state index contributed by atoms with van der Waals surface area (Å²) >= 11 is 11.8. The van der Waals surface area contributed by atoms with Gasteiger partial charge in [-0.15, -0.1) is 5.10 Å². The van der Waals surface area contributed by atoms with Crippen molar-refractivity contribution in [3.8, 4) is 0 Å². The highest BCUT2D eigenvalue weighted by atomic mass is 35.5. The van der Waals surface area contributed by atoms with Gasteiger partial charge in [0.1, 0.15) is 5.82 Å². The first-order valence-electron chi connectivity index (χ1n) is 6.04. The van der Waals surface area contributed by atoms with E-state index in [1.807, 2.05) is 0 Å². The second-order valence-electron chi connectivity index (χ2n) is 4.05. The van der Waals surface area contributed by atoms with E-state index in [0.29, 0.717) is 18.1 Å². The quantitative estimate of drug-likeness (QED) is 0.794. The normalized spacial score (nSPS) is 10.8. The molecule has 0 radical (unpaired) electrons. The molecule has 0 aliphatic carbocycles. The molecule has 20 heavy (non-hydrogen) atoms. The summed E-state index contributed by atoms with van der Waals surface area (Å²) in [6.07, 6.45) is 1.01. The number of rotatable bonds is 6. The summed E-state index contributed by atoms with van der Waals surface area (Å²) in [6.45, 7) is 3.40. The molecule has 108 valence electrons. The standard InChI is InChI=1S/C12H13Cl2FN4O/c1-2-3-16-6-10-18-19-12(20-10)17-11-8(13)4-7(15)5-9(11)14/h4-5,16H,2-3,6H2,1H3,(H,17,19). The van der Waals surface area contributed by atoms with E-state index in [2.05, 4.69) is 27.8 Å². The second kappa shape index (κ2) is 6.88. The molecule has 8 heteroatoms. The predicted octanol–water partition coefficient (Wildman–Crippen LogP) is 3.76. The molecule has 1 heterocycles. The van der Waals surface area contributed by atoms with Gasteiger partial charge in [-0.2, -0.15) is 0 Å². The van der Waals surface area contributed by atoms with Gasteiger partial charge in [0.05, 0.1) is 22.3 Å². The molecule has 2 rings (SSSR count). The van der Waals surface area contributed by atoms with Crippen molar-refractivity contribution in [2.45, 2.75) is 19.9 Å². The number of halogens is 3. The van der Waals surface area contributed by atoms with Crippen LogP contribution < -0.4 is 10.6 Å². The number of nitrogens with zero attached hydrogens (tertiary/aromatic N) is 2. The number of hydrogen-bond acceptors (Lipinski definition) is 5. The maximum Gasteiger partial charge on any atom is 0.320 e. The summed E-state index contributed by atoms with van der Waals surface area (Å²) in [5.41, 5.74) is 0.325. The van der Waals surface area contributed by atoms with Crippen LogP contribution in [0.4, 0.5) is 16.1 Å². The van der Waals surface area contributed by atoms with Crippen LogP contribution in [0.1, 0.15) is 19.2 Å². The van der Waals surface area contributed by atoms with Gasteiger partial charge in [0.25, 0.3) is 0 Å². The largest absolute Gasteiger partial charge is 0.406 e. The Morgan fingerprint density at radius 1 is 1.25 bits per heavy atom. The summed E-state index contributed by atoms with van der Waals surface area (Å²) in [6, 6.07) is 2.44. The van der Waals surface area contributed by atoms with E-state index in [1.165, 1.54) is 0 Å². The van der Waals surface area contributed by atoms with E-state index in [0.717, 1.165) is 25.1 Å². The molecular weight excluding hydrogens is 306 g/mol. The number of nitrogens with one attached hydrogen (secondary N) is 2. The van der Waals surface area contributed by atoms with E-state index in [1.54, 1.807) is 0 Å². The molecule has 2 aromatic rings. The first-order chi connectivity index (χ1) is 9.60. The van der Waals surface area contributed by atoms with Crippen molar-refractivity contribution in [3.05, 3.63) is 33.9 Å². The molecule has 0 atom stereocenters. The van der Waals surface area contributed by atoms with E-state index in [-0.39, 0.29) is 16.1 Å². The molecule has 0 amide bonds. The molecule has 0 aliphatic heterocycles. The van der Waals surface area contributed by atoms with Gasteiger partial charge in [-0.25, -0.2) is 4.39 Å². The summed E-state index contributed by atoms with van der Waals surface area (Å²) in [4.78, 5) is 0. The van der Waals surface area contributed by atoms with Crippen molar-refractivity contribution in [2.24, 2.45) is 0 Å². The van der Waals surface area contributed by atoms with Crippen LogP contribution >= 0.6 is 23.2 Å². The molecule has 0 spiro atoms. The zero-order valence-corrected chi connectivity index (χ0v) is 12.2. The lowest BCUT2D eigenvalue weighted by molar-refractivity contribution is 0.479. The minimum absolute atomic E-state index is 0.138. The third-order valence-electron chi connectivity index (χ3n) is 2.41. The third kappa shape index (κ3) is 3.82. The summed E-state index contributed by atoms with van der Waals surface area (Å²) in [5.74, 6) is -0.0733. The number of benzene rings is 1. The Bertz CT molecular complexity index is 568. The molecule has 0 saturated heterocycles. The summed E-state index contributed by atoms with van der Waals surface area (Å²) < 4.78 is 18.4. The highest BCUT2D eigenvalue weighted by molar-refractivity contribution is 6.39. The molecule has 0 saturated carbocycles. The van der Waals surface area contributed by atoms with Gasteiger partial charge < -0.3 is 15.1 Å². The van der Waals surface area contributed by atoms with Crippen LogP contribution in [0.15, 0.2) is 16.5 Å².